The van der Waals surface area contributed by atoms with E-state index in [4.69, 9.17) is 4.74 Å². The first kappa shape index (κ1) is 15.3. The van der Waals surface area contributed by atoms with Crippen molar-refractivity contribution >= 4 is 16.1 Å². The van der Waals surface area contributed by atoms with Gasteiger partial charge in [0.1, 0.15) is 6.10 Å². The molecule has 1 atom stereocenters. The normalized spacial score (nSPS) is 22.0. The van der Waals surface area contributed by atoms with Crippen molar-refractivity contribution in [2.75, 3.05) is 13.1 Å². The van der Waals surface area contributed by atoms with Gasteiger partial charge in [-0.2, -0.15) is 0 Å². The third kappa shape index (κ3) is 3.10. The van der Waals surface area contributed by atoms with Gasteiger partial charge in [0, 0.05) is 12.6 Å². The first-order chi connectivity index (χ1) is 10.4. The summed E-state index contributed by atoms with van der Waals surface area (Å²) in [6, 6.07) is 5.59. The highest BCUT2D eigenvalue weighted by atomic mass is 32.2. The van der Waals surface area contributed by atoms with E-state index in [0.29, 0.717) is 12.1 Å². The van der Waals surface area contributed by atoms with Gasteiger partial charge in [0.2, 0.25) is 10.0 Å². The Bertz CT molecular complexity index is 697. The third-order valence-corrected chi connectivity index (χ3v) is 5.59. The molecule has 3 rings (SSSR count). The van der Waals surface area contributed by atoms with Crippen LogP contribution in [0.5, 0.6) is 0 Å². The summed E-state index contributed by atoms with van der Waals surface area (Å²) in [4.78, 5) is 13.7. The monoisotopic (exact) mass is 324 g/mol. The molecule has 7 heteroatoms. The van der Waals surface area contributed by atoms with Crippen molar-refractivity contribution in [2.45, 2.75) is 43.7 Å². The Morgan fingerprint density at radius 3 is 2.73 bits per heavy atom. The number of rotatable bonds is 5. The van der Waals surface area contributed by atoms with Crippen molar-refractivity contribution in [1.82, 2.24) is 9.62 Å². The van der Waals surface area contributed by atoms with Crippen LogP contribution in [0.2, 0.25) is 0 Å². The van der Waals surface area contributed by atoms with Gasteiger partial charge in [-0.3, -0.25) is 0 Å². The number of nitrogens with one attached hydrogen (secondary N) is 1. The Balaban J connectivity index is 1.65. The summed E-state index contributed by atoms with van der Waals surface area (Å²) in [5, 5.41) is 0. The van der Waals surface area contributed by atoms with Crippen LogP contribution in [0.15, 0.2) is 23.1 Å². The number of sulfonamides is 1. The second-order valence-electron chi connectivity index (χ2n) is 6.01. The number of cyclic esters (lactones) is 1. The molecule has 1 saturated heterocycles. The zero-order valence-corrected chi connectivity index (χ0v) is 13.5. The van der Waals surface area contributed by atoms with Crippen LogP contribution >= 0.6 is 0 Å². The lowest BCUT2D eigenvalue weighted by Gasteiger charge is -2.13. The fourth-order valence-electron chi connectivity index (χ4n) is 2.61. The van der Waals surface area contributed by atoms with Gasteiger partial charge in [0.25, 0.3) is 0 Å². The molecular weight excluding hydrogens is 304 g/mol. The zero-order chi connectivity index (χ0) is 15.9. The molecule has 1 aromatic rings. The van der Waals surface area contributed by atoms with Crippen LogP contribution in [0, 0.1) is 13.8 Å². The highest BCUT2D eigenvalue weighted by Crippen LogP contribution is 2.30. The highest BCUT2D eigenvalue weighted by Gasteiger charge is 2.41. The number of benzene rings is 1. The van der Waals surface area contributed by atoms with Gasteiger partial charge in [-0.15, -0.1) is 0 Å². The SMILES string of the molecule is Cc1ccc(C)c(S(=O)(=O)NCC2CN(C3CC3)C(=O)O2)c1. The molecule has 2 fully saturated rings. The van der Waals surface area contributed by atoms with E-state index in [1.54, 1.807) is 24.0 Å². The van der Waals surface area contributed by atoms with Crippen molar-refractivity contribution in [3.05, 3.63) is 29.3 Å². The maximum absolute atomic E-state index is 12.4. The molecule has 1 unspecified atom stereocenters. The molecule has 1 saturated carbocycles. The maximum Gasteiger partial charge on any atom is 0.410 e. The summed E-state index contributed by atoms with van der Waals surface area (Å²) >= 11 is 0. The number of ether oxygens (including phenoxy) is 1. The second kappa shape index (κ2) is 5.55. The van der Waals surface area contributed by atoms with Gasteiger partial charge in [0.05, 0.1) is 11.4 Å². The quantitative estimate of drug-likeness (QED) is 0.892. The minimum absolute atomic E-state index is 0.102. The standard InChI is InChI=1S/C15H20N2O4S/c1-10-3-4-11(2)14(7-10)22(19,20)16-8-13-9-17(12-5-6-12)15(18)21-13/h3-4,7,12-13,16H,5-6,8-9H2,1-2H3. The smallest absolute Gasteiger partial charge is 0.410 e. The van der Waals surface area contributed by atoms with E-state index >= 15 is 0 Å². The summed E-state index contributed by atoms with van der Waals surface area (Å²) in [6.45, 7) is 4.17. The predicted octanol–water partition coefficient (Wildman–Crippen LogP) is 1.56. The van der Waals surface area contributed by atoms with Gasteiger partial charge >= 0.3 is 6.09 Å². The van der Waals surface area contributed by atoms with E-state index in [1.807, 2.05) is 13.0 Å². The minimum Gasteiger partial charge on any atom is -0.443 e. The Morgan fingerprint density at radius 1 is 1.32 bits per heavy atom. The molecule has 0 spiro atoms. The van der Waals surface area contributed by atoms with Crippen LogP contribution in [-0.4, -0.2) is 44.6 Å². The fraction of sp³-hybridized carbons (Fsp3) is 0.533. The lowest BCUT2D eigenvalue weighted by atomic mass is 10.2. The molecule has 1 amide bonds. The molecule has 1 aromatic carbocycles. The number of hydrogen-bond donors (Lipinski definition) is 1. The molecule has 120 valence electrons. The van der Waals surface area contributed by atoms with Crippen molar-refractivity contribution < 1.29 is 17.9 Å². The summed E-state index contributed by atoms with van der Waals surface area (Å²) < 4.78 is 32.6. The van der Waals surface area contributed by atoms with E-state index in [-0.39, 0.29) is 23.6 Å². The van der Waals surface area contributed by atoms with Crippen LogP contribution < -0.4 is 4.72 Å². The average Bonchev–Trinajstić information content (AvgIpc) is 3.23. The van der Waals surface area contributed by atoms with Crippen LogP contribution in [0.1, 0.15) is 24.0 Å². The molecule has 1 aliphatic heterocycles. The van der Waals surface area contributed by atoms with Crippen LogP contribution in [0.25, 0.3) is 0 Å². The van der Waals surface area contributed by atoms with Crippen molar-refractivity contribution in [1.29, 1.82) is 0 Å². The molecule has 1 heterocycles. The van der Waals surface area contributed by atoms with Gasteiger partial charge in [0.15, 0.2) is 0 Å². The van der Waals surface area contributed by atoms with Crippen molar-refractivity contribution in [2.24, 2.45) is 0 Å². The lowest BCUT2D eigenvalue weighted by molar-refractivity contribution is 0.133. The van der Waals surface area contributed by atoms with E-state index in [2.05, 4.69) is 4.72 Å². The molecule has 6 nitrogen and oxygen atoms in total. The van der Waals surface area contributed by atoms with E-state index < -0.39 is 16.1 Å². The summed E-state index contributed by atoms with van der Waals surface area (Å²) in [7, 11) is -3.60. The number of carbonyl (C=O) groups is 1. The number of carbonyl (C=O) groups excluding carboxylic acids is 1. The van der Waals surface area contributed by atoms with Crippen LogP contribution in [0.4, 0.5) is 4.79 Å². The Labute approximate surface area is 130 Å². The molecule has 2 aliphatic rings. The molecule has 0 radical (unpaired) electrons. The lowest BCUT2D eigenvalue weighted by Crippen LogP contribution is -2.35. The van der Waals surface area contributed by atoms with Gasteiger partial charge < -0.3 is 9.64 Å². The maximum atomic E-state index is 12.4. The van der Waals surface area contributed by atoms with Crippen molar-refractivity contribution in [3.63, 3.8) is 0 Å². The zero-order valence-electron chi connectivity index (χ0n) is 12.7. The van der Waals surface area contributed by atoms with Crippen LogP contribution in [-0.2, 0) is 14.8 Å². The summed E-state index contributed by atoms with van der Waals surface area (Å²) in [5.41, 5.74) is 1.58. The summed E-state index contributed by atoms with van der Waals surface area (Å²) in [6.07, 6.45) is 1.26. The first-order valence-electron chi connectivity index (χ1n) is 7.41. The molecule has 1 aliphatic carbocycles. The number of nitrogens with zero attached hydrogens (tertiary/aromatic N) is 1. The topological polar surface area (TPSA) is 75.7 Å². The molecule has 1 N–H and O–H groups in total. The average molecular weight is 324 g/mol. The predicted molar refractivity (Wildman–Crippen MR) is 81.1 cm³/mol. The van der Waals surface area contributed by atoms with E-state index in [0.717, 1.165) is 18.4 Å². The van der Waals surface area contributed by atoms with Gasteiger partial charge in [-0.1, -0.05) is 12.1 Å². The largest absolute Gasteiger partial charge is 0.443 e. The minimum atomic E-state index is -3.60. The van der Waals surface area contributed by atoms with Gasteiger partial charge in [-0.25, -0.2) is 17.9 Å². The highest BCUT2D eigenvalue weighted by molar-refractivity contribution is 7.89. The second-order valence-corrected chi connectivity index (χ2v) is 7.75. The molecule has 22 heavy (non-hydrogen) atoms. The number of aryl methyl sites for hydroxylation is 2. The Morgan fingerprint density at radius 2 is 2.05 bits per heavy atom. The van der Waals surface area contributed by atoms with Crippen LogP contribution in [0.3, 0.4) is 0 Å². The Hall–Kier alpha value is -1.60. The molecule has 0 aromatic heterocycles. The number of hydrogen-bond acceptors (Lipinski definition) is 4. The summed E-state index contributed by atoms with van der Waals surface area (Å²) in [5.74, 6) is 0. The Kier molecular flexibility index (Phi) is 3.86. The molecule has 0 bridgehead atoms. The fourth-order valence-corrected chi connectivity index (χ4v) is 4.00. The van der Waals surface area contributed by atoms with Crippen molar-refractivity contribution in [3.8, 4) is 0 Å². The van der Waals surface area contributed by atoms with E-state index in [1.165, 1.54) is 0 Å². The third-order valence-electron chi connectivity index (χ3n) is 4.02. The first-order valence-corrected chi connectivity index (χ1v) is 8.89. The van der Waals surface area contributed by atoms with E-state index in [9.17, 15) is 13.2 Å². The molecular formula is C15H20N2O4S. The number of amides is 1. The van der Waals surface area contributed by atoms with Gasteiger partial charge in [-0.05, 0) is 43.9 Å².